The normalized spacial score (nSPS) is 12.0. The lowest BCUT2D eigenvalue weighted by atomic mass is 10.1. The molecular formula is C19H15F3N4O2S. The fourth-order valence-electron chi connectivity index (χ4n) is 2.77. The lowest BCUT2D eigenvalue weighted by Gasteiger charge is -2.13. The summed E-state index contributed by atoms with van der Waals surface area (Å²) in [5, 5.41) is 8.90. The summed E-state index contributed by atoms with van der Waals surface area (Å²) < 4.78 is 65.7. The molecule has 10 heteroatoms. The van der Waals surface area contributed by atoms with Crippen LogP contribution < -0.4 is 0 Å². The predicted octanol–water partition coefficient (Wildman–Crippen LogP) is 3.83. The predicted molar refractivity (Wildman–Crippen MR) is 99.3 cm³/mol. The third-order valence-corrected chi connectivity index (χ3v) is 6.15. The fourth-order valence-corrected chi connectivity index (χ4v) is 3.83. The monoisotopic (exact) mass is 420 g/mol. The highest BCUT2D eigenvalue weighted by atomic mass is 32.2. The Balaban J connectivity index is 2.19. The van der Waals surface area contributed by atoms with Crippen LogP contribution in [0.1, 0.15) is 18.1 Å². The van der Waals surface area contributed by atoms with Gasteiger partial charge in [0, 0.05) is 13.2 Å². The number of hydrogen-bond donors (Lipinski definition) is 0. The maximum atomic E-state index is 13.1. The molecule has 0 aliphatic carbocycles. The van der Waals surface area contributed by atoms with E-state index in [9.17, 15) is 21.6 Å². The average molecular weight is 420 g/mol. The molecule has 2 aromatic heterocycles. The second kappa shape index (κ2) is 7.33. The van der Waals surface area contributed by atoms with Crippen molar-refractivity contribution in [1.82, 2.24) is 14.5 Å². The van der Waals surface area contributed by atoms with Gasteiger partial charge in [0.2, 0.25) is 0 Å². The molecule has 0 saturated carbocycles. The minimum absolute atomic E-state index is 0.116. The van der Waals surface area contributed by atoms with Crippen LogP contribution in [0, 0.1) is 11.3 Å². The molecule has 1 aromatic carbocycles. The van der Waals surface area contributed by atoms with Gasteiger partial charge in [-0.25, -0.2) is 13.4 Å². The van der Waals surface area contributed by atoms with Crippen LogP contribution in [-0.2, 0) is 23.1 Å². The molecule has 2 heterocycles. The zero-order valence-corrected chi connectivity index (χ0v) is 16.2. The summed E-state index contributed by atoms with van der Waals surface area (Å²) in [6, 6.07) is 9.23. The first-order chi connectivity index (χ1) is 13.6. The van der Waals surface area contributed by atoms with Gasteiger partial charge < -0.3 is 4.57 Å². The Morgan fingerprint density at radius 1 is 1.14 bits per heavy atom. The van der Waals surface area contributed by atoms with Crippen LogP contribution in [-0.4, -0.2) is 28.7 Å². The zero-order valence-electron chi connectivity index (χ0n) is 15.4. The molecule has 0 spiro atoms. The molecule has 0 amide bonds. The molecule has 0 saturated heterocycles. The van der Waals surface area contributed by atoms with Crippen molar-refractivity contribution < 1.29 is 21.6 Å². The van der Waals surface area contributed by atoms with Crippen LogP contribution in [0.2, 0.25) is 0 Å². The number of aromatic nitrogens is 3. The van der Waals surface area contributed by atoms with E-state index >= 15 is 0 Å². The Morgan fingerprint density at radius 2 is 1.79 bits per heavy atom. The first-order valence-corrected chi connectivity index (χ1v) is 10.1. The van der Waals surface area contributed by atoms with E-state index in [4.69, 9.17) is 5.26 Å². The van der Waals surface area contributed by atoms with Crippen molar-refractivity contribution in [3.63, 3.8) is 0 Å². The summed E-state index contributed by atoms with van der Waals surface area (Å²) in [6.07, 6.45) is -2.66. The van der Waals surface area contributed by atoms with E-state index in [0.717, 1.165) is 0 Å². The number of alkyl halides is 3. The summed E-state index contributed by atoms with van der Waals surface area (Å²) in [4.78, 5) is 7.48. The number of halogens is 3. The smallest absolute Gasteiger partial charge is 0.326 e. The Morgan fingerprint density at radius 3 is 2.34 bits per heavy atom. The van der Waals surface area contributed by atoms with Crippen LogP contribution in [0.25, 0.3) is 22.8 Å². The van der Waals surface area contributed by atoms with Gasteiger partial charge in [0.1, 0.15) is 5.69 Å². The molecule has 0 fully saturated rings. The number of imidazole rings is 1. The molecule has 29 heavy (non-hydrogen) atoms. The highest BCUT2D eigenvalue weighted by Crippen LogP contribution is 2.34. The molecule has 3 aromatic rings. The quantitative estimate of drug-likeness (QED) is 0.640. The van der Waals surface area contributed by atoms with Crippen LogP contribution in [0.4, 0.5) is 13.2 Å². The second-order valence-electron chi connectivity index (χ2n) is 6.19. The van der Waals surface area contributed by atoms with E-state index in [0.29, 0.717) is 29.1 Å². The average Bonchev–Trinajstić information content (AvgIpc) is 3.08. The van der Waals surface area contributed by atoms with Gasteiger partial charge in [-0.3, -0.25) is 4.98 Å². The van der Waals surface area contributed by atoms with Crippen LogP contribution in [0.3, 0.4) is 0 Å². The third kappa shape index (κ3) is 3.86. The van der Waals surface area contributed by atoms with E-state index in [1.165, 1.54) is 13.1 Å². The van der Waals surface area contributed by atoms with Gasteiger partial charge in [-0.05, 0) is 23.8 Å². The number of rotatable bonds is 4. The largest absolute Gasteiger partial charge is 0.417 e. The van der Waals surface area contributed by atoms with Gasteiger partial charge in [0.25, 0.3) is 0 Å². The standard InChI is InChI=1S/C19H15F3N4O2S/c1-3-29(27,28)16-8-14(19(20,21)22)10-24-17(16)18-25-11-15(26(18)2)13-6-4-12(9-23)5-7-13/h4-8,10-11H,3H2,1-2H3. The van der Waals surface area contributed by atoms with Crippen molar-refractivity contribution in [3.8, 4) is 28.8 Å². The molecule has 0 radical (unpaired) electrons. The van der Waals surface area contributed by atoms with E-state index < -0.39 is 26.5 Å². The molecule has 3 rings (SSSR count). The highest BCUT2D eigenvalue weighted by Gasteiger charge is 2.34. The minimum Gasteiger partial charge on any atom is -0.326 e. The molecule has 0 unspecified atom stereocenters. The van der Waals surface area contributed by atoms with E-state index in [-0.39, 0.29) is 17.3 Å². The summed E-state index contributed by atoms with van der Waals surface area (Å²) in [6.45, 7) is 1.35. The van der Waals surface area contributed by atoms with Gasteiger partial charge >= 0.3 is 6.18 Å². The van der Waals surface area contributed by atoms with Crippen LogP contribution >= 0.6 is 0 Å². The number of sulfone groups is 1. The van der Waals surface area contributed by atoms with Crippen molar-refractivity contribution in [3.05, 3.63) is 53.9 Å². The Kier molecular flexibility index (Phi) is 5.19. The van der Waals surface area contributed by atoms with Crippen molar-refractivity contribution in [1.29, 1.82) is 5.26 Å². The first-order valence-electron chi connectivity index (χ1n) is 8.41. The van der Waals surface area contributed by atoms with E-state index in [1.54, 1.807) is 35.9 Å². The molecule has 6 nitrogen and oxygen atoms in total. The van der Waals surface area contributed by atoms with E-state index in [2.05, 4.69) is 9.97 Å². The zero-order chi connectivity index (χ0) is 21.4. The minimum atomic E-state index is -4.72. The Labute approximate surface area is 165 Å². The van der Waals surface area contributed by atoms with Gasteiger partial charge in [-0.15, -0.1) is 0 Å². The number of hydrogen-bond acceptors (Lipinski definition) is 5. The molecule has 0 N–H and O–H groups in total. The lowest BCUT2D eigenvalue weighted by molar-refractivity contribution is -0.138. The first kappa shape index (κ1) is 20.5. The van der Waals surface area contributed by atoms with Crippen molar-refractivity contribution in [2.45, 2.75) is 18.0 Å². The molecule has 0 aliphatic rings. The van der Waals surface area contributed by atoms with E-state index in [1.807, 2.05) is 6.07 Å². The van der Waals surface area contributed by atoms with Crippen molar-refractivity contribution in [2.24, 2.45) is 7.05 Å². The van der Waals surface area contributed by atoms with Crippen molar-refractivity contribution in [2.75, 3.05) is 5.75 Å². The maximum absolute atomic E-state index is 13.1. The molecule has 150 valence electrons. The van der Waals surface area contributed by atoms with Crippen LogP contribution in [0.15, 0.2) is 47.6 Å². The summed E-state index contributed by atoms with van der Waals surface area (Å²) in [5.41, 5.74) is 0.469. The van der Waals surface area contributed by atoms with Gasteiger partial charge in [0.05, 0.1) is 39.7 Å². The Hall–Kier alpha value is -3.19. The molecule has 0 bridgehead atoms. The number of nitriles is 1. The maximum Gasteiger partial charge on any atom is 0.417 e. The topological polar surface area (TPSA) is 88.6 Å². The number of benzene rings is 1. The summed E-state index contributed by atoms with van der Waals surface area (Å²) >= 11 is 0. The SMILES string of the molecule is CCS(=O)(=O)c1cc(C(F)(F)F)cnc1-c1ncc(-c2ccc(C#N)cc2)n1C. The number of nitrogens with zero attached hydrogens (tertiary/aromatic N) is 4. The Bertz CT molecular complexity index is 1210. The van der Waals surface area contributed by atoms with Crippen LogP contribution in [0.5, 0.6) is 0 Å². The molecular weight excluding hydrogens is 405 g/mol. The molecule has 0 aliphatic heterocycles. The number of pyridine rings is 1. The molecule has 0 atom stereocenters. The summed E-state index contributed by atoms with van der Waals surface area (Å²) in [5.74, 6) is -0.263. The highest BCUT2D eigenvalue weighted by molar-refractivity contribution is 7.91. The fraction of sp³-hybridized carbons (Fsp3) is 0.211. The lowest BCUT2D eigenvalue weighted by Crippen LogP contribution is -2.13. The third-order valence-electron chi connectivity index (χ3n) is 4.40. The van der Waals surface area contributed by atoms with Gasteiger partial charge in [0.15, 0.2) is 15.7 Å². The van der Waals surface area contributed by atoms with Crippen molar-refractivity contribution >= 4 is 9.84 Å². The van der Waals surface area contributed by atoms with Gasteiger partial charge in [-0.1, -0.05) is 19.1 Å². The second-order valence-corrected chi connectivity index (χ2v) is 8.43. The van der Waals surface area contributed by atoms with Gasteiger partial charge in [-0.2, -0.15) is 18.4 Å². The summed E-state index contributed by atoms with van der Waals surface area (Å²) in [7, 11) is -2.38.